The van der Waals surface area contributed by atoms with Gasteiger partial charge < -0.3 is 0 Å². The third kappa shape index (κ3) is 3.27. The Balaban J connectivity index is 4.33. The Labute approximate surface area is 71.4 Å². The lowest BCUT2D eigenvalue weighted by atomic mass is 10.1. The van der Waals surface area contributed by atoms with Crippen LogP contribution in [0.25, 0.3) is 0 Å². The molecule has 12 heavy (non-hydrogen) atoms. The largest absolute Gasteiger partial charge is 0.295 e. The highest BCUT2D eigenvalue weighted by Gasteiger charge is 2.26. The maximum atomic E-state index is 10.8. The molecule has 0 radical (unpaired) electrons. The van der Waals surface area contributed by atoms with Crippen LogP contribution in [0.5, 0.6) is 0 Å². The Morgan fingerprint density at radius 3 is 2.42 bits per heavy atom. The normalized spacial score (nSPS) is 11.9. The fourth-order valence-electron chi connectivity index (χ4n) is 0.476. The van der Waals surface area contributed by atoms with Crippen molar-refractivity contribution in [1.82, 2.24) is 0 Å². The molecule has 0 fully saturated rings. The lowest BCUT2D eigenvalue weighted by Crippen LogP contribution is -2.28. The molecule has 0 atom stereocenters. The third-order valence-electron chi connectivity index (χ3n) is 1.50. The molecule has 0 spiro atoms. The van der Waals surface area contributed by atoms with Crippen molar-refractivity contribution in [3.63, 3.8) is 0 Å². The number of carbonyl (C=O) groups excluding carboxylic acids is 1. The average molecular weight is 171 g/mol. The number of rotatable bonds is 4. The molecule has 0 amide bonds. The fourth-order valence-corrected chi connectivity index (χ4v) is 0.476. The Morgan fingerprint density at radius 1 is 1.58 bits per heavy atom. The van der Waals surface area contributed by atoms with Gasteiger partial charge in [0.05, 0.1) is 0 Å². The topological polar surface area (TPSA) is 60.2 Å². The molecule has 0 aliphatic carbocycles. The van der Waals surface area contributed by atoms with Crippen LogP contribution in [0.1, 0.15) is 27.2 Å². The van der Waals surface area contributed by atoms with Gasteiger partial charge in [-0.3, -0.25) is 14.9 Å². The number of hydrogen-bond acceptors (Lipinski definition) is 3. The SMILES string of the molecule is CCC(=O)/C=C/C(C)(C)[N+](=O)[O-]. The van der Waals surface area contributed by atoms with Crippen molar-refractivity contribution < 1.29 is 9.72 Å². The number of carbonyl (C=O) groups is 1. The predicted octanol–water partition coefficient (Wildman–Crippen LogP) is 1.58. The van der Waals surface area contributed by atoms with E-state index in [0.717, 1.165) is 0 Å². The highest BCUT2D eigenvalue weighted by atomic mass is 16.6. The number of allylic oxidation sites excluding steroid dienone is 1. The maximum Gasteiger partial charge on any atom is 0.235 e. The van der Waals surface area contributed by atoms with Crippen molar-refractivity contribution in [2.24, 2.45) is 0 Å². The van der Waals surface area contributed by atoms with Gasteiger partial charge in [0, 0.05) is 25.2 Å². The lowest BCUT2D eigenvalue weighted by Gasteiger charge is -2.08. The molecule has 0 aromatic carbocycles. The molecule has 68 valence electrons. The fraction of sp³-hybridized carbons (Fsp3) is 0.625. The van der Waals surface area contributed by atoms with E-state index in [0.29, 0.717) is 6.42 Å². The van der Waals surface area contributed by atoms with Gasteiger partial charge in [-0.05, 0) is 12.2 Å². The van der Waals surface area contributed by atoms with Crippen molar-refractivity contribution in [1.29, 1.82) is 0 Å². The zero-order valence-electron chi connectivity index (χ0n) is 7.53. The summed E-state index contributed by atoms with van der Waals surface area (Å²) in [7, 11) is 0. The van der Waals surface area contributed by atoms with Crippen LogP contribution in [0.4, 0.5) is 0 Å². The van der Waals surface area contributed by atoms with Gasteiger partial charge in [-0.1, -0.05) is 6.92 Å². The van der Waals surface area contributed by atoms with E-state index in [1.165, 1.54) is 26.0 Å². The van der Waals surface area contributed by atoms with Gasteiger partial charge in [-0.15, -0.1) is 0 Å². The van der Waals surface area contributed by atoms with E-state index in [1.807, 2.05) is 0 Å². The summed E-state index contributed by atoms with van der Waals surface area (Å²) in [5.74, 6) is -0.0927. The second-order valence-electron chi connectivity index (χ2n) is 3.06. The molecular formula is C8H13NO3. The van der Waals surface area contributed by atoms with Crippen LogP contribution >= 0.6 is 0 Å². The van der Waals surface area contributed by atoms with Crippen molar-refractivity contribution in [3.8, 4) is 0 Å². The van der Waals surface area contributed by atoms with Crippen LogP contribution in [0.2, 0.25) is 0 Å². The van der Waals surface area contributed by atoms with Gasteiger partial charge in [0.1, 0.15) is 0 Å². The molecule has 4 heteroatoms. The smallest absolute Gasteiger partial charge is 0.235 e. The summed E-state index contributed by atoms with van der Waals surface area (Å²) in [6.07, 6.45) is 2.96. The first-order valence-electron chi connectivity index (χ1n) is 3.76. The van der Waals surface area contributed by atoms with Gasteiger partial charge in [-0.25, -0.2) is 0 Å². The second-order valence-corrected chi connectivity index (χ2v) is 3.06. The molecular weight excluding hydrogens is 158 g/mol. The highest BCUT2D eigenvalue weighted by Crippen LogP contribution is 2.09. The Morgan fingerprint density at radius 2 is 2.08 bits per heavy atom. The lowest BCUT2D eigenvalue weighted by molar-refractivity contribution is -0.545. The van der Waals surface area contributed by atoms with Gasteiger partial charge in [0.15, 0.2) is 5.78 Å². The summed E-state index contributed by atoms with van der Waals surface area (Å²) in [5, 5.41) is 10.4. The number of nitro groups is 1. The molecule has 0 bridgehead atoms. The summed E-state index contributed by atoms with van der Waals surface area (Å²) in [6.45, 7) is 4.62. The van der Waals surface area contributed by atoms with Crippen LogP contribution in [0.3, 0.4) is 0 Å². The van der Waals surface area contributed by atoms with Crippen molar-refractivity contribution in [2.45, 2.75) is 32.7 Å². The van der Waals surface area contributed by atoms with E-state index in [9.17, 15) is 14.9 Å². The van der Waals surface area contributed by atoms with E-state index in [1.54, 1.807) is 6.92 Å². The van der Waals surface area contributed by atoms with E-state index >= 15 is 0 Å². The van der Waals surface area contributed by atoms with E-state index in [4.69, 9.17) is 0 Å². The Bertz CT molecular complexity index is 218. The van der Waals surface area contributed by atoms with Crippen molar-refractivity contribution in [3.05, 3.63) is 22.3 Å². The van der Waals surface area contributed by atoms with Crippen LogP contribution < -0.4 is 0 Å². The molecule has 4 nitrogen and oxygen atoms in total. The standard InChI is InChI=1S/C8H13NO3/c1-4-7(10)5-6-8(2,3)9(11)12/h5-6H,4H2,1-3H3/b6-5+. The summed E-state index contributed by atoms with van der Waals surface area (Å²) >= 11 is 0. The molecule has 0 rings (SSSR count). The molecule has 0 aromatic rings. The van der Waals surface area contributed by atoms with E-state index < -0.39 is 10.5 Å². The number of hydrogen-bond donors (Lipinski definition) is 0. The number of nitrogens with zero attached hydrogens (tertiary/aromatic N) is 1. The van der Waals surface area contributed by atoms with E-state index in [2.05, 4.69) is 0 Å². The molecule has 0 unspecified atom stereocenters. The molecule has 0 saturated heterocycles. The monoisotopic (exact) mass is 171 g/mol. The minimum Gasteiger partial charge on any atom is -0.295 e. The maximum absolute atomic E-state index is 10.8. The highest BCUT2D eigenvalue weighted by molar-refractivity contribution is 5.89. The first kappa shape index (κ1) is 10.8. The zero-order chi connectivity index (χ0) is 9.78. The van der Waals surface area contributed by atoms with Gasteiger partial charge in [-0.2, -0.15) is 0 Å². The molecule has 0 N–H and O–H groups in total. The minimum absolute atomic E-state index is 0.0927. The van der Waals surface area contributed by atoms with Crippen LogP contribution in [-0.4, -0.2) is 16.2 Å². The Hall–Kier alpha value is -1.19. The Kier molecular flexibility index (Phi) is 3.60. The van der Waals surface area contributed by atoms with Crippen LogP contribution in [0.15, 0.2) is 12.2 Å². The summed E-state index contributed by atoms with van der Waals surface area (Å²) in [4.78, 5) is 20.7. The number of ketones is 1. The summed E-state index contributed by atoms with van der Waals surface area (Å²) in [6, 6.07) is 0. The van der Waals surface area contributed by atoms with Gasteiger partial charge >= 0.3 is 0 Å². The van der Waals surface area contributed by atoms with Crippen LogP contribution in [-0.2, 0) is 4.79 Å². The molecule has 0 aromatic heterocycles. The minimum atomic E-state index is -1.15. The van der Waals surface area contributed by atoms with Gasteiger partial charge in [0.25, 0.3) is 0 Å². The molecule has 0 aliphatic rings. The second kappa shape index (κ2) is 3.99. The summed E-state index contributed by atoms with van der Waals surface area (Å²) in [5.41, 5.74) is -1.15. The summed E-state index contributed by atoms with van der Waals surface area (Å²) < 4.78 is 0. The van der Waals surface area contributed by atoms with Gasteiger partial charge in [0.2, 0.25) is 5.54 Å². The average Bonchev–Trinajstić information content (AvgIpc) is 2.00. The van der Waals surface area contributed by atoms with Crippen molar-refractivity contribution in [2.75, 3.05) is 0 Å². The quantitative estimate of drug-likeness (QED) is 0.366. The first-order valence-corrected chi connectivity index (χ1v) is 3.76. The molecule has 0 aliphatic heterocycles. The van der Waals surface area contributed by atoms with Crippen molar-refractivity contribution >= 4 is 5.78 Å². The third-order valence-corrected chi connectivity index (χ3v) is 1.50. The first-order chi connectivity index (χ1) is 5.40. The molecule has 0 heterocycles. The predicted molar refractivity (Wildman–Crippen MR) is 45.5 cm³/mol. The zero-order valence-corrected chi connectivity index (χ0v) is 7.53. The molecule has 0 saturated carbocycles. The van der Waals surface area contributed by atoms with Crippen LogP contribution in [0, 0.1) is 10.1 Å². The van der Waals surface area contributed by atoms with E-state index in [-0.39, 0.29) is 5.78 Å².